The molecule has 0 aliphatic heterocycles. The van der Waals surface area contributed by atoms with Crippen LogP contribution < -0.4 is 5.32 Å². The second-order valence-corrected chi connectivity index (χ2v) is 5.95. The highest BCUT2D eigenvalue weighted by Crippen LogP contribution is 2.29. The monoisotopic (exact) mass is 271 g/mol. The minimum absolute atomic E-state index is 0.314. The second kappa shape index (κ2) is 6.37. The van der Waals surface area contributed by atoms with Crippen molar-refractivity contribution < 1.29 is 19.4 Å². The van der Waals surface area contributed by atoms with Crippen molar-refractivity contribution in [2.75, 3.05) is 6.61 Å². The minimum atomic E-state index is -1.39. The van der Waals surface area contributed by atoms with Crippen LogP contribution in [-0.2, 0) is 14.3 Å². The van der Waals surface area contributed by atoms with Crippen molar-refractivity contribution in [3.8, 4) is 0 Å². The first-order chi connectivity index (χ1) is 8.79. The number of ether oxygens (including phenoxy) is 1. The van der Waals surface area contributed by atoms with E-state index in [4.69, 9.17) is 4.74 Å². The Morgan fingerprint density at radius 2 is 1.84 bits per heavy atom. The summed E-state index contributed by atoms with van der Waals surface area (Å²) in [4.78, 5) is 23.4. The number of amides is 1. The Bertz CT molecular complexity index is 332. The number of carbonyl (C=O) groups excluding carboxylic acids is 2. The van der Waals surface area contributed by atoms with Gasteiger partial charge in [-0.15, -0.1) is 0 Å². The van der Waals surface area contributed by atoms with Crippen LogP contribution in [0.25, 0.3) is 0 Å². The quantitative estimate of drug-likeness (QED) is 0.744. The molecule has 1 fully saturated rings. The van der Waals surface area contributed by atoms with E-state index in [1.165, 1.54) is 0 Å². The maximum Gasteiger partial charge on any atom is 0.338 e. The molecule has 0 heterocycles. The van der Waals surface area contributed by atoms with Gasteiger partial charge < -0.3 is 15.2 Å². The van der Waals surface area contributed by atoms with Gasteiger partial charge in [-0.25, -0.2) is 4.79 Å². The van der Waals surface area contributed by atoms with Crippen LogP contribution in [0.4, 0.5) is 0 Å². The van der Waals surface area contributed by atoms with Gasteiger partial charge in [0.05, 0.1) is 0 Å². The van der Waals surface area contributed by atoms with E-state index in [0.717, 1.165) is 25.7 Å². The molecule has 1 aliphatic carbocycles. The van der Waals surface area contributed by atoms with Gasteiger partial charge in [0.15, 0.2) is 12.2 Å². The maximum atomic E-state index is 11.8. The summed E-state index contributed by atoms with van der Waals surface area (Å²) in [6.45, 7) is 5.45. The summed E-state index contributed by atoms with van der Waals surface area (Å²) in [5, 5.41) is 12.9. The van der Waals surface area contributed by atoms with E-state index in [0.29, 0.717) is 12.8 Å². The Morgan fingerprint density at radius 3 is 2.37 bits per heavy atom. The number of hydrogen-bond acceptors (Lipinski definition) is 4. The van der Waals surface area contributed by atoms with Gasteiger partial charge in [-0.3, -0.25) is 4.79 Å². The molecule has 0 radical (unpaired) electrons. The van der Waals surface area contributed by atoms with E-state index >= 15 is 0 Å². The van der Waals surface area contributed by atoms with Gasteiger partial charge in [-0.2, -0.15) is 0 Å². The molecule has 2 N–H and O–H groups in total. The van der Waals surface area contributed by atoms with Crippen molar-refractivity contribution >= 4 is 11.9 Å². The van der Waals surface area contributed by atoms with Crippen molar-refractivity contribution in [2.24, 2.45) is 0 Å². The zero-order chi connectivity index (χ0) is 14.5. The van der Waals surface area contributed by atoms with Gasteiger partial charge in [-0.1, -0.05) is 13.3 Å². The van der Waals surface area contributed by atoms with Gasteiger partial charge >= 0.3 is 5.97 Å². The van der Waals surface area contributed by atoms with E-state index in [-0.39, 0.29) is 18.1 Å². The lowest BCUT2D eigenvalue weighted by Crippen LogP contribution is -2.47. The number of esters is 1. The predicted octanol–water partition coefficient (Wildman–Crippen LogP) is 1.53. The standard InChI is InChI=1S/C14H25NO4/c1-4-13(2,3)15-11(16)10-19-12(17)14(18)8-6-5-7-9-14/h18H,4-10H2,1-3H3,(H,15,16). The van der Waals surface area contributed by atoms with Gasteiger partial charge in [0, 0.05) is 5.54 Å². The van der Waals surface area contributed by atoms with Crippen molar-refractivity contribution in [2.45, 2.75) is 70.4 Å². The molecule has 0 saturated heterocycles. The third kappa shape index (κ3) is 4.82. The van der Waals surface area contributed by atoms with E-state index in [9.17, 15) is 14.7 Å². The zero-order valence-electron chi connectivity index (χ0n) is 12.1. The molecule has 5 heteroatoms. The first kappa shape index (κ1) is 16.0. The molecule has 110 valence electrons. The molecular formula is C14H25NO4. The number of carbonyl (C=O) groups is 2. The third-order valence-electron chi connectivity index (χ3n) is 3.76. The molecule has 0 spiro atoms. The highest BCUT2D eigenvalue weighted by Gasteiger charge is 2.39. The average molecular weight is 271 g/mol. The molecule has 1 aliphatic rings. The Morgan fingerprint density at radius 1 is 1.26 bits per heavy atom. The summed E-state index contributed by atoms with van der Waals surface area (Å²) in [5.74, 6) is -1.00. The SMILES string of the molecule is CCC(C)(C)NC(=O)COC(=O)C1(O)CCCCC1. The van der Waals surface area contributed by atoms with E-state index < -0.39 is 11.6 Å². The first-order valence-corrected chi connectivity index (χ1v) is 7.00. The highest BCUT2D eigenvalue weighted by molar-refractivity contribution is 5.84. The van der Waals surface area contributed by atoms with Crippen LogP contribution in [0.15, 0.2) is 0 Å². The summed E-state index contributed by atoms with van der Waals surface area (Å²) >= 11 is 0. The third-order valence-corrected chi connectivity index (χ3v) is 3.76. The Hall–Kier alpha value is -1.10. The molecule has 5 nitrogen and oxygen atoms in total. The molecule has 19 heavy (non-hydrogen) atoms. The summed E-state index contributed by atoms with van der Waals surface area (Å²) in [6.07, 6.45) is 4.31. The maximum absolute atomic E-state index is 11.8. The van der Waals surface area contributed by atoms with Crippen LogP contribution in [0.5, 0.6) is 0 Å². The van der Waals surface area contributed by atoms with Crippen LogP contribution >= 0.6 is 0 Å². The summed E-state index contributed by atoms with van der Waals surface area (Å²) < 4.78 is 4.94. The normalized spacial score (nSPS) is 18.7. The lowest BCUT2D eigenvalue weighted by atomic mass is 9.85. The Kier molecular flexibility index (Phi) is 5.35. The summed E-state index contributed by atoms with van der Waals surface area (Å²) in [6, 6.07) is 0. The largest absolute Gasteiger partial charge is 0.453 e. The fraction of sp³-hybridized carbons (Fsp3) is 0.857. The average Bonchev–Trinajstić information content (AvgIpc) is 2.36. The molecule has 0 unspecified atom stereocenters. The molecular weight excluding hydrogens is 246 g/mol. The number of aliphatic hydroxyl groups is 1. The molecule has 0 aromatic rings. The highest BCUT2D eigenvalue weighted by atomic mass is 16.6. The Balaban J connectivity index is 2.39. The van der Waals surface area contributed by atoms with Crippen molar-refractivity contribution in [3.05, 3.63) is 0 Å². The molecule has 0 bridgehead atoms. The van der Waals surface area contributed by atoms with Gasteiger partial charge in [0.25, 0.3) is 5.91 Å². The Labute approximate surface area is 114 Å². The van der Waals surface area contributed by atoms with E-state index in [1.807, 2.05) is 20.8 Å². The fourth-order valence-corrected chi connectivity index (χ4v) is 2.11. The molecule has 1 saturated carbocycles. The minimum Gasteiger partial charge on any atom is -0.453 e. The molecule has 0 aromatic heterocycles. The van der Waals surface area contributed by atoms with Gasteiger partial charge in [0.2, 0.25) is 0 Å². The van der Waals surface area contributed by atoms with E-state index in [2.05, 4.69) is 5.32 Å². The molecule has 1 amide bonds. The van der Waals surface area contributed by atoms with Crippen molar-refractivity contribution in [3.63, 3.8) is 0 Å². The molecule has 0 aromatic carbocycles. The number of hydrogen-bond donors (Lipinski definition) is 2. The van der Waals surface area contributed by atoms with Gasteiger partial charge in [0.1, 0.15) is 0 Å². The lowest BCUT2D eigenvalue weighted by molar-refractivity contribution is -0.171. The van der Waals surface area contributed by atoms with Crippen LogP contribution in [0.3, 0.4) is 0 Å². The topological polar surface area (TPSA) is 75.6 Å². The van der Waals surface area contributed by atoms with Crippen molar-refractivity contribution in [1.82, 2.24) is 5.32 Å². The first-order valence-electron chi connectivity index (χ1n) is 7.00. The van der Waals surface area contributed by atoms with E-state index in [1.54, 1.807) is 0 Å². The molecule has 1 rings (SSSR count). The van der Waals surface area contributed by atoms with Crippen LogP contribution in [0.1, 0.15) is 59.3 Å². The van der Waals surface area contributed by atoms with Gasteiger partial charge in [-0.05, 0) is 46.0 Å². The predicted molar refractivity (Wildman–Crippen MR) is 71.5 cm³/mol. The summed E-state index contributed by atoms with van der Waals surface area (Å²) in [5.41, 5.74) is -1.70. The summed E-state index contributed by atoms with van der Waals surface area (Å²) in [7, 11) is 0. The van der Waals surface area contributed by atoms with Crippen molar-refractivity contribution in [1.29, 1.82) is 0 Å². The van der Waals surface area contributed by atoms with Crippen LogP contribution in [0.2, 0.25) is 0 Å². The number of nitrogens with one attached hydrogen (secondary N) is 1. The van der Waals surface area contributed by atoms with Crippen LogP contribution in [0, 0.1) is 0 Å². The fourth-order valence-electron chi connectivity index (χ4n) is 2.11. The number of rotatable bonds is 5. The molecule has 0 atom stereocenters. The lowest BCUT2D eigenvalue weighted by Gasteiger charge is -2.29. The second-order valence-electron chi connectivity index (χ2n) is 5.95. The van der Waals surface area contributed by atoms with Crippen LogP contribution in [-0.4, -0.2) is 34.7 Å². The zero-order valence-corrected chi connectivity index (χ0v) is 12.1. The smallest absolute Gasteiger partial charge is 0.338 e.